The molecule has 0 radical (unpaired) electrons. The lowest BCUT2D eigenvalue weighted by Crippen LogP contribution is -2.49. The van der Waals surface area contributed by atoms with Crippen LogP contribution in [0.1, 0.15) is 41.5 Å². The van der Waals surface area contributed by atoms with E-state index in [4.69, 9.17) is 0 Å². The van der Waals surface area contributed by atoms with Crippen LogP contribution in [0.4, 0.5) is 0 Å². The Labute approximate surface area is 101 Å². The first kappa shape index (κ1) is 15.4. The summed E-state index contributed by atoms with van der Waals surface area (Å²) in [5.41, 5.74) is 0.360. The third kappa shape index (κ3) is 6.11. The van der Waals surface area contributed by atoms with Crippen LogP contribution in [0.2, 0.25) is 0 Å². The van der Waals surface area contributed by atoms with Gasteiger partial charge in [-0.3, -0.25) is 9.69 Å². The summed E-state index contributed by atoms with van der Waals surface area (Å²) < 4.78 is 0. The minimum absolute atomic E-state index is 0.209. The molecule has 1 rings (SSSR count). The number of nitrogens with zero attached hydrogens (tertiary/aromatic N) is 2. The molecule has 1 aliphatic heterocycles. The van der Waals surface area contributed by atoms with E-state index in [2.05, 4.69) is 25.7 Å². The average Bonchev–Trinajstić information content (AvgIpc) is 2.19. The van der Waals surface area contributed by atoms with Crippen LogP contribution in [0.5, 0.6) is 0 Å². The Balaban J connectivity index is 0.00000106. The molecule has 0 saturated carbocycles. The number of carbonyl (C=O) groups excluding carboxylic acids is 1. The molecule has 0 aliphatic carbocycles. The Morgan fingerprint density at radius 2 is 1.50 bits per heavy atom. The van der Waals surface area contributed by atoms with E-state index < -0.39 is 0 Å². The van der Waals surface area contributed by atoms with Crippen molar-refractivity contribution in [2.45, 2.75) is 41.5 Å². The molecule has 1 heterocycles. The summed E-state index contributed by atoms with van der Waals surface area (Å²) in [7, 11) is 0. The van der Waals surface area contributed by atoms with Gasteiger partial charge in [-0.2, -0.15) is 0 Å². The maximum Gasteiger partial charge on any atom is 0.219 e. The minimum Gasteiger partial charge on any atom is -0.340 e. The molecule has 3 heteroatoms. The van der Waals surface area contributed by atoms with Crippen LogP contribution < -0.4 is 0 Å². The van der Waals surface area contributed by atoms with Crippen LogP contribution in [0.15, 0.2) is 0 Å². The molecule has 1 aliphatic rings. The molecule has 0 atom stereocenters. The summed E-state index contributed by atoms with van der Waals surface area (Å²) in [6.07, 6.45) is 0. The van der Waals surface area contributed by atoms with Gasteiger partial charge in [0.15, 0.2) is 0 Å². The molecule has 1 saturated heterocycles. The van der Waals surface area contributed by atoms with Gasteiger partial charge in [0.2, 0.25) is 5.91 Å². The quantitative estimate of drug-likeness (QED) is 0.687. The summed E-state index contributed by atoms with van der Waals surface area (Å²) in [6, 6.07) is 0. The molecule has 0 bridgehead atoms. The smallest absolute Gasteiger partial charge is 0.219 e. The number of rotatable bonds is 1. The molecule has 0 spiro atoms. The number of amides is 1. The summed E-state index contributed by atoms with van der Waals surface area (Å²) in [6.45, 7) is 17.4. The highest BCUT2D eigenvalue weighted by Crippen LogP contribution is 2.16. The Morgan fingerprint density at radius 1 is 1.06 bits per heavy atom. The molecule has 0 unspecified atom stereocenters. The lowest BCUT2D eigenvalue weighted by molar-refractivity contribution is -0.130. The Kier molecular flexibility index (Phi) is 6.65. The molecule has 1 amide bonds. The van der Waals surface area contributed by atoms with Crippen LogP contribution in [0.3, 0.4) is 0 Å². The van der Waals surface area contributed by atoms with E-state index in [1.165, 1.54) is 0 Å². The van der Waals surface area contributed by atoms with Gasteiger partial charge in [-0.25, -0.2) is 0 Å². The molecular weight excluding hydrogens is 200 g/mol. The molecule has 0 aromatic heterocycles. The SMILES string of the molecule is CC.CC(=O)N1CCN(CC(C)(C)C)CC1. The van der Waals surface area contributed by atoms with Gasteiger partial charge in [-0.05, 0) is 5.41 Å². The highest BCUT2D eigenvalue weighted by molar-refractivity contribution is 5.73. The first-order valence-electron chi connectivity index (χ1n) is 6.36. The standard InChI is InChI=1S/C11H22N2O.C2H6/c1-10(14)13-7-5-12(6-8-13)9-11(2,3)4;1-2/h5-9H2,1-4H3;1-2H3. The van der Waals surface area contributed by atoms with Gasteiger partial charge in [-0.1, -0.05) is 34.6 Å². The van der Waals surface area contributed by atoms with E-state index in [-0.39, 0.29) is 5.91 Å². The number of hydrogen-bond donors (Lipinski definition) is 0. The van der Waals surface area contributed by atoms with Crippen molar-refractivity contribution in [2.75, 3.05) is 32.7 Å². The topological polar surface area (TPSA) is 23.6 Å². The van der Waals surface area contributed by atoms with Gasteiger partial charge in [0.25, 0.3) is 0 Å². The molecule has 0 aromatic carbocycles. The van der Waals surface area contributed by atoms with Gasteiger partial charge in [0, 0.05) is 39.6 Å². The molecule has 3 nitrogen and oxygen atoms in total. The van der Waals surface area contributed by atoms with Crippen molar-refractivity contribution >= 4 is 5.91 Å². The van der Waals surface area contributed by atoms with Crippen molar-refractivity contribution in [1.29, 1.82) is 0 Å². The largest absolute Gasteiger partial charge is 0.340 e. The lowest BCUT2D eigenvalue weighted by Gasteiger charge is -2.37. The fraction of sp³-hybridized carbons (Fsp3) is 0.923. The molecule has 0 aromatic rings. The van der Waals surface area contributed by atoms with Crippen molar-refractivity contribution < 1.29 is 4.79 Å². The maximum atomic E-state index is 11.1. The predicted octanol–water partition coefficient (Wildman–Crippen LogP) is 2.22. The van der Waals surface area contributed by atoms with Gasteiger partial charge >= 0.3 is 0 Å². The van der Waals surface area contributed by atoms with Crippen LogP contribution in [-0.2, 0) is 4.79 Å². The van der Waals surface area contributed by atoms with Crippen molar-refractivity contribution in [1.82, 2.24) is 9.80 Å². The Morgan fingerprint density at radius 3 is 1.81 bits per heavy atom. The summed E-state index contributed by atoms with van der Waals surface area (Å²) in [5.74, 6) is 0.209. The van der Waals surface area contributed by atoms with Crippen LogP contribution >= 0.6 is 0 Å². The second kappa shape index (κ2) is 6.89. The summed E-state index contributed by atoms with van der Waals surface area (Å²) >= 11 is 0. The fourth-order valence-corrected chi connectivity index (χ4v) is 1.89. The van der Waals surface area contributed by atoms with E-state index in [9.17, 15) is 4.79 Å². The highest BCUT2D eigenvalue weighted by Gasteiger charge is 2.22. The molecule has 96 valence electrons. The third-order valence-corrected chi connectivity index (χ3v) is 2.52. The average molecular weight is 228 g/mol. The van der Waals surface area contributed by atoms with Crippen LogP contribution in [-0.4, -0.2) is 48.4 Å². The van der Waals surface area contributed by atoms with E-state index in [1.807, 2.05) is 18.7 Å². The van der Waals surface area contributed by atoms with Gasteiger partial charge < -0.3 is 4.90 Å². The first-order valence-corrected chi connectivity index (χ1v) is 6.36. The van der Waals surface area contributed by atoms with Gasteiger partial charge in [-0.15, -0.1) is 0 Å². The van der Waals surface area contributed by atoms with Crippen molar-refractivity contribution in [2.24, 2.45) is 5.41 Å². The van der Waals surface area contributed by atoms with E-state index in [1.54, 1.807) is 6.92 Å². The second-order valence-corrected chi connectivity index (χ2v) is 5.34. The second-order valence-electron chi connectivity index (χ2n) is 5.34. The monoisotopic (exact) mass is 228 g/mol. The number of piperazine rings is 1. The van der Waals surface area contributed by atoms with Crippen molar-refractivity contribution in [3.05, 3.63) is 0 Å². The third-order valence-electron chi connectivity index (χ3n) is 2.52. The zero-order valence-corrected chi connectivity index (χ0v) is 11.8. The van der Waals surface area contributed by atoms with Gasteiger partial charge in [0.05, 0.1) is 0 Å². The zero-order chi connectivity index (χ0) is 12.8. The minimum atomic E-state index is 0.209. The van der Waals surface area contributed by atoms with Crippen molar-refractivity contribution in [3.63, 3.8) is 0 Å². The maximum absolute atomic E-state index is 11.1. The molecule has 1 fully saturated rings. The normalized spacial score (nSPS) is 17.8. The summed E-state index contributed by atoms with van der Waals surface area (Å²) in [4.78, 5) is 15.5. The fourth-order valence-electron chi connectivity index (χ4n) is 1.89. The Bertz CT molecular complexity index is 200. The van der Waals surface area contributed by atoms with E-state index >= 15 is 0 Å². The highest BCUT2D eigenvalue weighted by atomic mass is 16.2. The van der Waals surface area contributed by atoms with E-state index in [0.29, 0.717) is 5.41 Å². The Hall–Kier alpha value is -0.570. The number of carbonyl (C=O) groups is 1. The van der Waals surface area contributed by atoms with E-state index in [0.717, 1.165) is 32.7 Å². The van der Waals surface area contributed by atoms with Crippen LogP contribution in [0, 0.1) is 5.41 Å². The zero-order valence-electron chi connectivity index (χ0n) is 11.8. The van der Waals surface area contributed by atoms with Crippen molar-refractivity contribution in [3.8, 4) is 0 Å². The number of hydrogen-bond acceptors (Lipinski definition) is 2. The molecular formula is C13H28N2O. The first-order chi connectivity index (χ1) is 7.38. The summed E-state index contributed by atoms with van der Waals surface area (Å²) in [5, 5.41) is 0. The molecule has 0 N–H and O–H groups in total. The lowest BCUT2D eigenvalue weighted by atomic mass is 9.96. The predicted molar refractivity (Wildman–Crippen MR) is 69.5 cm³/mol. The molecule has 16 heavy (non-hydrogen) atoms. The van der Waals surface area contributed by atoms with Crippen LogP contribution in [0.25, 0.3) is 0 Å². The van der Waals surface area contributed by atoms with Gasteiger partial charge in [0.1, 0.15) is 0 Å².